The van der Waals surface area contributed by atoms with Gasteiger partial charge in [0.2, 0.25) is 5.91 Å². The van der Waals surface area contributed by atoms with Gasteiger partial charge in [-0.1, -0.05) is 65.7 Å². The molecule has 0 radical (unpaired) electrons. The van der Waals surface area contributed by atoms with Gasteiger partial charge >= 0.3 is 0 Å². The second kappa shape index (κ2) is 12.0. The Morgan fingerprint density at radius 3 is 2.28 bits per heavy atom. The first-order chi connectivity index (χ1) is 17.4. The van der Waals surface area contributed by atoms with E-state index in [-0.39, 0.29) is 11.8 Å². The number of halogens is 2. The van der Waals surface area contributed by atoms with Crippen LogP contribution in [-0.2, 0) is 4.79 Å². The van der Waals surface area contributed by atoms with Crippen molar-refractivity contribution in [2.75, 3.05) is 17.7 Å². The number of rotatable bonds is 8. The zero-order chi connectivity index (χ0) is 25.5. The fourth-order valence-electron chi connectivity index (χ4n) is 3.43. The number of carbonyl (C=O) groups is 2. The summed E-state index contributed by atoms with van der Waals surface area (Å²) in [5, 5.41) is 6.05. The topological polar surface area (TPSA) is 67.4 Å². The predicted molar refractivity (Wildman–Crippen MR) is 148 cm³/mol. The Kier molecular flexibility index (Phi) is 8.54. The molecule has 0 spiro atoms. The van der Waals surface area contributed by atoms with Crippen LogP contribution in [0, 0.1) is 0 Å². The Morgan fingerprint density at radius 2 is 1.53 bits per heavy atom. The summed E-state index contributed by atoms with van der Waals surface area (Å²) >= 11 is 13.5. The highest BCUT2D eigenvalue weighted by molar-refractivity contribution is 8.00. The minimum atomic E-state index is -0.551. The van der Waals surface area contributed by atoms with E-state index in [2.05, 4.69) is 10.6 Å². The maximum absolute atomic E-state index is 13.3. The fourth-order valence-corrected chi connectivity index (χ4v) is 4.81. The largest absolute Gasteiger partial charge is 0.497 e. The van der Waals surface area contributed by atoms with Gasteiger partial charge in [-0.05, 0) is 60.2 Å². The SMILES string of the molecule is COc1cccc(C(=O)Nc2cccc(SC(C(=O)Nc3ccc(Cl)c(Cl)c3)c3ccccc3)c2)c1. The van der Waals surface area contributed by atoms with Crippen LogP contribution in [0.3, 0.4) is 0 Å². The van der Waals surface area contributed by atoms with Gasteiger partial charge in [0.15, 0.2) is 0 Å². The number of hydrogen-bond acceptors (Lipinski definition) is 4. The summed E-state index contributed by atoms with van der Waals surface area (Å²) in [5.41, 5.74) is 2.49. The molecular formula is C28H22Cl2N2O3S. The van der Waals surface area contributed by atoms with Crippen molar-refractivity contribution in [2.24, 2.45) is 0 Å². The van der Waals surface area contributed by atoms with Crippen molar-refractivity contribution in [2.45, 2.75) is 10.1 Å². The number of benzene rings is 4. The molecule has 0 aliphatic heterocycles. The van der Waals surface area contributed by atoms with Crippen LogP contribution in [0.1, 0.15) is 21.2 Å². The molecule has 2 N–H and O–H groups in total. The minimum absolute atomic E-state index is 0.213. The highest BCUT2D eigenvalue weighted by Gasteiger charge is 2.23. The molecule has 0 saturated carbocycles. The van der Waals surface area contributed by atoms with Crippen molar-refractivity contribution in [3.05, 3.63) is 118 Å². The molecule has 1 unspecified atom stereocenters. The number of amides is 2. The quantitative estimate of drug-likeness (QED) is 0.226. The number of methoxy groups -OCH3 is 1. The summed E-state index contributed by atoms with van der Waals surface area (Å²) in [7, 11) is 1.55. The van der Waals surface area contributed by atoms with Gasteiger partial charge in [0.05, 0.1) is 17.2 Å². The van der Waals surface area contributed by atoms with Crippen molar-refractivity contribution in [3.63, 3.8) is 0 Å². The van der Waals surface area contributed by atoms with Crippen molar-refractivity contribution < 1.29 is 14.3 Å². The molecule has 0 bridgehead atoms. The van der Waals surface area contributed by atoms with Gasteiger partial charge in [0.25, 0.3) is 5.91 Å². The monoisotopic (exact) mass is 536 g/mol. The average molecular weight is 537 g/mol. The van der Waals surface area contributed by atoms with E-state index in [1.165, 1.54) is 11.8 Å². The van der Waals surface area contributed by atoms with Gasteiger partial charge in [0, 0.05) is 21.8 Å². The van der Waals surface area contributed by atoms with Crippen LogP contribution in [0.25, 0.3) is 0 Å². The molecule has 2 amide bonds. The number of nitrogens with one attached hydrogen (secondary N) is 2. The second-order valence-electron chi connectivity index (χ2n) is 7.74. The van der Waals surface area contributed by atoms with Gasteiger partial charge in [-0.3, -0.25) is 9.59 Å². The molecule has 0 aromatic heterocycles. The lowest BCUT2D eigenvalue weighted by atomic mass is 10.1. The third-order valence-corrected chi connectivity index (χ3v) is 7.19. The maximum atomic E-state index is 13.3. The van der Waals surface area contributed by atoms with Gasteiger partial charge in [0.1, 0.15) is 11.0 Å². The Balaban J connectivity index is 1.54. The normalized spacial score (nSPS) is 11.4. The molecule has 182 valence electrons. The number of anilines is 2. The Labute approximate surface area is 223 Å². The summed E-state index contributed by atoms with van der Waals surface area (Å²) in [4.78, 5) is 26.9. The van der Waals surface area contributed by atoms with E-state index in [1.54, 1.807) is 55.6 Å². The van der Waals surface area contributed by atoms with Crippen LogP contribution < -0.4 is 15.4 Å². The third kappa shape index (κ3) is 6.61. The Hall–Kier alpha value is -3.45. The molecular weight excluding hydrogens is 515 g/mol. The first kappa shape index (κ1) is 25.6. The van der Waals surface area contributed by atoms with E-state index in [0.717, 1.165) is 10.5 Å². The van der Waals surface area contributed by atoms with Crippen LogP contribution >= 0.6 is 35.0 Å². The number of carbonyl (C=O) groups excluding carboxylic acids is 2. The molecule has 36 heavy (non-hydrogen) atoms. The first-order valence-corrected chi connectivity index (χ1v) is 12.6. The molecule has 0 heterocycles. The number of ether oxygens (including phenoxy) is 1. The zero-order valence-electron chi connectivity index (χ0n) is 19.2. The summed E-state index contributed by atoms with van der Waals surface area (Å²) < 4.78 is 5.20. The third-order valence-electron chi connectivity index (χ3n) is 5.21. The van der Waals surface area contributed by atoms with E-state index >= 15 is 0 Å². The molecule has 4 aromatic rings. The lowest BCUT2D eigenvalue weighted by Crippen LogP contribution is -2.19. The maximum Gasteiger partial charge on any atom is 0.255 e. The Morgan fingerprint density at radius 1 is 0.778 bits per heavy atom. The highest BCUT2D eigenvalue weighted by atomic mass is 35.5. The van der Waals surface area contributed by atoms with Crippen molar-refractivity contribution in [1.29, 1.82) is 0 Å². The molecule has 5 nitrogen and oxygen atoms in total. The molecule has 0 fully saturated rings. The standard InChI is InChI=1S/C28H22Cl2N2O3S/c1-35-22-11-5-9-19(15-22)27(33)31-20-10-6-12-23(16-20)36-26(18-7-3-2-4-8-18)28(34)32-21-13-14-24(29)25(30)17-21/h2-17,26H,1H3,(H,31,33)(H,32,34). The molecule has 4 rings (SSSR count). The summed E-state index contributed by atoms with van der Waals surface area (Å²) in [6.07, 6.45) is 0. The van der Waals surface area contributed by atoms with E-state index in [9.17, 15) is 9.59 Å². The van der Waals surface area contributed by atoms with E-state index < -0.39 is 5.25 Å². The van der Waals surface area contributed by atoms with Crippen LogP contribution in [0.2, 0.25) is 10.0 Å². The number of hydrogen-bond donors (Lipinski definition) is 2. The number of thioether (sulfide) groups is 1. The average Bonchev–Trinajstić information content (AvgIpc) is 2.90. The van der Waals surface area contributed by atoms with Gasteiger partial charge < -0.3 is 15.4 Å². The van der Waals surface area contributed by atoms with Gasteiger partial charge in [-0.2, -0.15) is 0 Å². The second-order valence-corrected chi connectivity index (χ2v) is 9.73. The van der Waals surface area contributed by atoms with Crippen LogP contribution in [-0.4, -0.2) is 18.9 Å². The van der Waals surface area contributed by atoms with Crippen LogP contribution in [0.5, 0.6) is 5.75 Å². The lowest BCUT2D eigenvalue weighted by Gasteiger charge is -2.18. The van der Waals surface area contributed by atoms with E-state index in [0.29, 0.717) is 32.7 Å². The minimum Gasteiger partial charge on any atom is -0.497 e. The summed E-state index contributed by atoms with van der Waals surface area (Å²) in [5.74, 6) is 0.133. The van der Waals surface area contributed by atoms with Crippen molar-refractivity contribution in [3.8, 4) is 5.75 Å². The molecule has 4 aromatic carbocycles. The Bertz CT molecular complexity index is 1380. The lowest BCUT2D eigenvalue weighted by molar-refractivity contribution is -0.115. The van der Waals surface area contributed by atoms with Crippen LogP contribution in [0.4, 0.5) is 11.4 Å². The highest BCUT2D eigenvalue weighted by Crippen LogP contribution is 2.37. The van der Waals surface area contributed by atoms with E-state index in [4.69, 9.17) is 27.9 Å². The van der Waals surface area contributed by atoms with E-state index in [1.807, 2.05) is 48.5 Å². The molecule has 1 atom stereocenters. The van der Waals surface area contributed by atoms with Crippen molar-refractivity contribution in [1.82, 2.24) is 0 Å². The molecule has 0 aliphatic rings. The molecule has 8 heteroatoms. The smallest absolute Gasteiger partial charge is 0.255 e. The predicted octanol–water partition coefficient (Wildman–Crippen LogP) is 7.73. The molecule has 0 saturated heterocycles. The van der Waals surface area contributed by atoms with Crippen molar-refractivity contribution >= 4 is 58.2 Å². The van der Waals surface area contributed by atoms with Gasteiger partial charge in [-0.25, -0.2) is 0 Å². The first-order valence-electron chi connectivity index (χ1n) is 11.0. The van der Waals surface area contributed by atoms with Gasteiger partial charge in [-0.15, -0.1) is 11.8 Å². The van der Waals surface area contributed by atoms with Crippen LogP contribution in [0.15, 0.2) is 102 Å². The molecule has 0 aliphatic carbocycles. The fraction of sp³-hybridized carbons (Fsp3) is 0.0714. The zero-order valence-corrected chi connectivity index (χ0v) is 21.5. The summed E-state index contributed by atoms with van der Waals surface area (Å²) in [6.45, 7) is 0. The summed E-state index contributed by atoms with van der Waals surface area (Å²) in [6, 6.07) is 28.7.